The Hall–Kier alpha value is -0.410. The molecule has 0 aromatic carbocycles. The molecule has 1 heterocycles. The van der Waals surface area contributed by atoms with Crippen molar-refractivity contribution in [2.24, 2.45) is 5.92 Å². The van der Waals surface area contributed by atoms with Gasteiger partial charge >= 0.3 is 0 Å². The number of hydrogen-bond acceptors (Lipinski definition) is 3. The Balaban J connectivity index is 2.21. The molecule has 0 bridgehead atoms. The standard InChI is InChI=1S/C10H19NO2/c1-9(13)4-6-11-5-2-3-10(7-11)8-12/h10,12H,2-8H2,1H3. The van der Waals surface area contributed by atoms with Crippen molar-refractivity contribution >= 4 is 5.78 Å². The van der Waals surface area contributed by atoms with Crippen molar-refractivity contribution in [3.63, 3.8) is 0 Å². The summed E-state index contributed by atoms with van der Waals surface area (Å²) in [4.78, 5) is 13.0. The predicted octanol–water partition coefficient (Wildman–Crippen LogP) is 0.670. The topological polar surface area (TPSA) is 40.5 Å². The molecule has 0 aromatic heterocycles. The lowest BCUT2D eigenvalue weighted by Crippen LogP contribution is -2.37. The van der Waals surface area contributed by atoms with Gasteiger partial charge in [-0.05, 0) is 32.2 Å². The Labute approximate surface area is 79.7 Å². The molecule has 1 aliphatic heterocycles. The molecular formula is C10H19NO2. The van der Waals surface area contributed by atoms with Crippen LogP contribution in [0.15, 0.2) is 0 Å². The third kappa shape index (κ3) is 3.87. The van der Waals surface area contributed by atoms with Crippen LogP contribution in [-0.4, -0.2) is 42.0 Å². The predicted molar refractivity (Wildman–Crippen MR) is 51.5 cm³/mol. The molecule has 0 spiro atoms. The molecule has 1 fully saturated rings. The van der Waals surface area contributed by atoms with E-state index in [1.165, 1.54) is 0 Å². The van der Waals surface area contributed by atoms with Crippen LogP contribution in [0.4, 0.5) is 0 Å². The zero-order valence-electron chi connectivity index (χ0n) is 8.33. The van der Waals surface area contributed by atoms with Crippen LogP contribution in [0.2, 0.25) is 0 Å². The SMILES string of the molecule is CC(=O)CCN1CCCC(CO)C1. The van der Waals surface area contributed by atoms with Gasteiger partial charge in [-0.3, -0.25) is 4.79 Å². The van der Waals surface area contributed by atoms with Gasteiger partial charge in [0.25, 0.3) is 0 Å². The maximum Gasteiger partial charge on any atom is 0.131 e. The summed E-state index contributed by atoms with van der Waals surface area (Å²) in [6, 6.07) is 0. The molecule has 3 heteroatoms. The highest BCUT2D eigenvalue weighted by Crippen LogP contribution is 2.15. The van der Waals surface area contributed by atoms with E-state index in [9.17, 15) is 4.79 Å². The molecule has 1 aliphatic rings. The number of piperidine rings is 1. The molecule has 1 rings (SSSR count). The van der Waals surface area contributed by atoms with Crippen molar-refractivity contribution in [2.75, 3.05) is 26.2 Å². The fourth-order valence-electron chi connectivity index (χ4n) is 1.82. The molecule has 13 heavy (non-hydrogen) atoms. The number of hydrogen-bond donors (Lipinski definition) is 1. The van der Waals surface area contributed by atoms with E-state index < -0.39 is 0 Å². The van der Waals surface area contributed by atoms with Crippen LogP contribution in [0.25, 0.3) is 0 Å². The number of aliphatic hydroxyl groups is 1. The highest BCUT2D eigenvalue weighted by Gasteiger charge is 2.18. The summed E-state index contributed by atoms with van der Waals surface area (Å²) < 4.78 is 0. The van der Waals surface area contributed by atoms with Crippen molar-refractivity contribution in [1.82, 2.24) is 4.90 Å². The second-order valence-corrected chi connectivity index (χ2v) is 3.94. The van der Waals surface area contributed by atoms with Crippen molar-refractivity contribution < 1.29 is 9.90 Å². The molecule has 3 nitrogen and oxygen atoms in total. The number of ketones is 1. The van der Waals surface area contributed by atoms with Gasteiger partial charge in [0.1, 0.15) is 5.78 Å². The Kier molecular flexibility index (Phi) is 4.39. The number of rotatable bonds is 4. The van der Waals surface area contributed by atoms with Gasteiger partial charge in [0.15, 0.2) is 0 Å². The van der Waals surface area contributed by atoms with Gasteiger partial charge in [-0.1, -0.05) is 0 Å². The third-order valence-electron chi connectivity index (χ3n) is 2.64. The highest BCUT2D eigenvalue weighted by atomic mass is 16.3. The van der Waals surface area contributed by atoms with E-state index in [-0.39, 0.29) is 12.4 Å². The molecule has 0 amide bonds. The van der Waals surface area contributed by atoms with Gasteiger partial charge in [-0.25, -0.2) is 0 Å². The molecule has 0 saturated carbocycles. The maximum absolute atomic E-state index is 10.8. The molecule has 1 atom stereocenters. The summed E-state index contributed by atoms with van der Waals surface area (Å²) in [5.74, 6) is 0.687. The summed E-state index contributed by atoms with van der Waals surface area (Å²) in [5.41, 5.74) is 0. The lowest BCUT2D eigenvalue weighted by Gasteiger charge is -2.31. The fourth-order valence-corrected chi connectivity index (χ4v) is 1.82. The minimum Gasteiger partial charge on any atom is -0.396 e. The molecule has 0 aliphatic carbocycles. The summed E-state index contributed by atoms with van der Waals surface area (Å²) >= 11 is 0. The zero-order valence-corrected chi connectivity index (χ0v) is 8.33. The van der Waals surface area contributed by atoms with E-state index in [1.807, 2.05) is 0 Å². The maximum atomic E-state index is 10.8. The fraction of sp³-hybridized carbons (Fsp3) is 0.900. The summed E-state index contributed by atoms with van der Waals surface area (Å²) in [6.45, 7) is 4.84. The van der Waals surface area contributed by atoms with Crippen molar-refractivity contribution in [1.29, 1.82) is 0 Å². The molecule has 1 N–H and O–H groups in total. The van der Waals surface area contributed by atoms with Crippen LogP contribution in [0.3, 0.4) is 0 Å². The first kappa shape index (κ1) is 10.7. The molecule has 0 radical (unpaired) electrons. The van der Waals surface area contributed by atoms with E-state index in [0.29, 0.717) is 12.3 Å². The average Bonchev–Trinajstić information content (AvgIpc) is 2.15. The van der Waals surface area contributed by atoms with Crippen LogP contribution in [0, 0.1) is 5.92 Å². The Morgan fingerprint density at radius 2 is 2.38 bits per heavy atom. The van der Waals surface area contributed by atoms with Crippen molar-refractivity contribution in [3.8, 4) is 0 Å². The van der Waals surface area contributed by atoms with Crippen molar-refractivity contribution in [2.45, 2.75) is 26.2 Å². The monoisotopic (exact) mass is 185 g/mol. The molecule has 1 saturated heterocycles. The van der Waals surface area contributed by atoms with Crippen LogP contribution in [-0.2, 0) is 4.79 Å². The largest absolute Gasteiger partial charge is 0.396 e. The first-order chi connectivity index (χ1) is 6.22. The average molecular weight is 185 g/mol. The summed E-state index contributed by atoms with van der Waals surface area (Å²) in [6.07, 6.45) is 2.94. The van der Waals surface area contributed by atoms with E-state index in [4.69, 9.17) is 5.11 Å². The lowest BCUT2D eigenvalue weighted by molar-refractivity contribution is -0.117. The van der Waals surface area contributed by atoms with Crippen LogP contribution >= 0.6 is 0 Å². The third-order valence-corrected chi connectivity index (χ3v) is 2.64. The van der Waals surface area contributed by atoms with E-state index in [0.717, 1.165) is 32.5 Å². The second-order valence-electron chi connectivity index (χ2n) is 3.94. The van der Waals surface area contributed by atoms with Crippen LogP contribution in [0.1, 0.15) is 26.2 Å². The summed E-state index contributed by atoms with van der Waals surface area (Å²) in [7, 11) is 0. The first-order valence-corrected chi connectivity index (χ1v) is 5.05. The zero-order chi connectivity index (χ0) is 9.68. The molecule has 1 unspecified atom stereocenters. The van der Waals surface area contributed by atoms with Gasteiger partial charge in [0.2, 0.25) is 0 Å². The van der Waals surface area contributed by atoms with Crippen LogP contribution in [0.5, 0.6) is 0 Å². The minimum atomic E-state index is 0.256. The van der Waals surface area contributed by atoms with Crippen LogP contribution < -0.4 is 0 Å². The van der Waals surface area contributed by atoms with Gasteiger partial charge in [0, 0.05) is 26.1 Å². The Bertz CT molecular complexity index is 170. The minimum absolute atomic E-state index is 0.256. The quantitative estimate of drug-likeness (QED) is 0.700. The Morgan fingerprint density at radius 3 is 3.00 bits per heavy atom. The van der Waals surface area contributed by atoms with Gasteiger partial charge in [-0.2, -0.15) is 0 Å². The number of nitrogens with zero attached hydrogens (tertiary/aromatic N) is 1. The number of Topliss-reactive ketones (excluding diaryl/α,β-unsaturated/α-hetero) is 1. The number of likely N-dealkylation sites (tertiary alicyclic amines) is 1. The second kappa shape index (κ2) is 5.35. The lowest BCUT2D eigenvalue weighted by atomic mass is 9.99. The van der Waals surface area contributed by atoms with E-state index >= 15 is 0 Å². The highest BCUT2D eigenvalue weighted by molar-refractivity contribution is 5.75. The smallest absolute Gasteiger partial charge is 0.131 e. The van der Waals surface area contributed by atoms with E-state index in [2.05, 4.69) is 4.90 Å². The number of aliphatic hydroxyl groups excluding tert-OH is 1. The molecular weight excluding hydrogens is 166 g/mol. The molecule has 0 aromatic rings. The van der Waals surface area contributed by atoms with Gasteiger partial charge in [-0.15, -0.1) is 0 Å². The molecule has 76 valence electrons. The Morgan fingerprint density at radius 1 is 1.62 bits per heavy atom. The van der Waals surface area contributed by atoms with Gasteiger partial charge < -0.3 is 10.0 Å². The van der Waals surface area contributed by atoms with Crippen molar-refractivity contribution in [3.05, 3.63) is 0 Å². The number of carbonyl (C=O) groups excluding carboxylic acids is 1. The van der Waals surface area contributed by atoms with E-state index in [1.54, 1.807) is 6.92 Å². The number of carbonyl (C=O) groups is 1. The normalized spacial score (nSPS) is 24.6. The van der Waals surface area contributed by atoms with Gasteiger partial charge in [0.05, 0.1) is 0 Å². The first-order valence-electron chi connectivity index (χ1n) is 5.05. The summed E-state index contributed by atoms with van der Waals surface area (Å²) in [5, 5.41) is 8.99.